The van der Waals surface area contributed by atoms with Crippen LogP contribution < -0.4 is 11.1 Å². The van der Waals surface area contributed by atoms with Crippen LogP contribution in [0.4, 0.5) is 0 Å². The molecule has 0 fully saturated rings. The van der Waals surface area contributed by atoms with Crippen molar-refractivity contribution in [3.63, 3.8) is 0 Å². The molecule has 0 aliphatic heterocycles. The Morgan fingerprint density at radius 3 is 3.13 bits per heavy atom. The second-order valence-electron chi connectivity index (χ2n) is 3.27. The van der Waals surface area contributed by atoms with Gasteiger partial charge < -0.3 is 20.8 Å². The van der Waals surface area contributed by atoms with Gasteiger partial charge in [-0.05, 0) is 6.42 Å². The number of hydrogen-bond donors (Lipinski definition) is 3. The molecule has 0 saturated heterocycles. The summed E-state index contributed by atoms with van der Waals surface area (Å²) in [6.45, 7) is 2.65. The van der Waals surface area contributed by atoms with Gasteiger partial charge in [-0.25, -0.2) is 0 Å². The summed E-state index contributed by atoms with van der Waals surface area (Å²) in [5, 5.41) is 18.4. The van der Waals surface area contributed by atoms with Crippen molar-refractivity contribution < 1.29 is 9.73 Å². The van der Waals surface area contributed by atoms with E-state index in [0.717, 1.165) is 12.1 Å². The van der Waals surface area contributed by atoms with E-state index in [1.807, 2.05) is 6.92 Å². The summed E-state index contributed by atoms with van der Waals surface area (Å²) in [6.07, 6.45) is 2.94. The first-order valence-corrected chi connectivity index (χ1v) is 4.85. The van der Waals surface area contributed by atoms with E-state index in [1.165, 1.54) is 6.26 Å². The van der Waals surface area contributed by atoms with Crippen LogP contribution in [0.1, 0.15) is 25.5 Å². The van der Waals surface area contributed by atoms with E-state index in [9.17, 15) is 0 Å². The van der Waals surface area contributed by atoms with E-state index in [1.54, 1.807) is 6.07 Å². The maximum atomic E-state index is 8.44. The number of nitrogens with zero attached hydrogens (tertiary/aromatic N) is 2. The minimum atomic E-state index is 0.178. The fraction of sp³-hybridized carbons (Fsp3) is 0.556. The SMILES string of the molecule is CCC(C/C(N)=N/O)NCc1ccon1. The van der Waals surface area contributed by atoms with E-state index < -0.39 is 0 Å². The maximum absolute atomic E-state index is 8.44. The molecule has 84 valence electrons. The molecule has 1 unspecified atom stereocenters. The standard InChI is InChI=1S/C9H16N4O2/c1-2-7(5-9(10)12-14)11-6-8-3-4-15-13-8/h3-4,7,11,14H,2,5-6H2,1H3,(H2,10,12). The second-order valence-corrected chi connectivity index (χ2v) is 3.27. The predicted octanol–water partition coefficient (Wildman–Crippen LogP) is 0.679. The molecule has 6 nitrogen and oxygen atoms in total. The molecule has 0 aliphatic carbocycles. The molecule has 0 bridgehead atoms. The Morgan fingerprint density at radius 1 is 1.80 bits per heavy atom. The lowest BCUT2D eigenvalue weighted by Crippen LogP contribution is -2.32. The first kappa shape index (κ1) is 11.5. The molecule has 0 aromatic carbocycles. The normalized spacial score (nSPS) is 14.1. The monoisotopic (exact) mass is 212 g/mol. The van der Waals surface area contributed by atoms with E-state index in [0.29, 0.717) is 13.0 Å². The largest absolute Gasteiger partial charge is 0.409 e. The smallest absolute Gasteiger partial charge is 0.140 e. The van der Waals surface area contributed by atoms with Gasteiger partial charge in [0.1, 0.15) is 12.1 Å². The van der Waals surface area contributed by atoms with Crippen LogP contribution in [0.25, 0.3) is 0 Å². The Hall–Kier alpha value is -1.56. The molecule has 6 heteroatoms. The van der Waals surface area contributed by atoms with Crippen LogP contribution in [-0.4, -0.2) is 22.2 Å². The molecule has 0 saturated carbocycles. The number of oxime groups is 1. The van der Waals surface area contributed by atoms with Gasteiger partial charge in [0.2, 0.25) is 0 Å². The summed E-state index contributed by atoms with van der Waals surface area (Å²) in [7, 11) is 0. The molecule has 1 rings (SSSR count). The summed E-state index contributed by atoms with van der Waals surface area (Å²) < 4.78 is 4.70. The zero-order valence-electron chi connectivity index (χ0n) is 8.68. The number of rotatable bonds is 6. The van der Waals surface area contributed by atoms with Crippen molar-refractivity contribution in [3.8, 4) is 0 Å². The van der Waals surface area contributed by atoms with Crippen LogP contribution in [0.2, 0.25) is 0 Å². The molecule has 1 aromatic heterocycles. The Balaban J connectivity index is 2.34. The molecule has 0 radical (unpaired) electrons. The molecule has 0 amide bonds. The molecule has 1 aromatic rings. The van der Waals surface area contributed by atoms with Gasteiger partial charge in [-0.15, -0.1) is 0 Å². The lowest BCUT2D eigenvalue weighted by molar-refractivity contribution is 0.315. The van der Waals surface area contributed by atoms with Crippen molar-refractivity contribution in [1.82, 2.24) is 10.5 Å². The van der Waals surface area contributed by atoms with Crippen molar-refractivity contribution in [2.75, 3.05) is 0 Å². The fourth-order valence-electron chi connectivity index (χ4n) is 1.23. The van der Waals surface area contributed by atoms with Gasteiger partial charge in [-0.3, -0.25) is 0 Å². The molecular weight excluding hydrogens is 196 g/mol. The summed E-state index contributed by atoms with van der Waals surface area (Å²) in [6, 6.07) is 1.97. The van der Waals surface area contributed by atoms with Crippen molar-refractivity contribution in [1.29, 1.82) is 0 Å². The first-order chi connectivity index (χ1) is 7.26. The van der Waals surface area contributed by atoms with Gasteiger partial charge in [-0.2, -0.15) is 0 Å². The topological polar surface area (TPSA) is 96.7 Å². The molecule has 0 spiro atoms. The van der Waals surface area contributed by atoms with Crippen molar-refractivity contribution >= 4 is 5.84 Å². The highest BCUT2D eigenvalue weighted by Gasteiger charge is 2.08. The average molecular weight is 212 g/mol. The lowest BCUT2D eigenvalue weighted by atomic mass is 10.1. The summed E-state index contributed by atoms with van der Waals surface area (Å²) in [4.78, 5) is 0. The summed E-state index contributed by atoms with van der Waals surface area (Å²) >= 11 is 0. The van der Waals surface area contributed by atoms with Crippen molar-refractivity contribution in [2.45, 2.75) is 32.4 Å². The highest BCUT2D eigenvalue weighted by molar-refractivity contribution is 5.80. The first-order valence-electron chi connectivity index (χ1n) is 4.85. The van der Waals surface area contributed by atoms with E-state index >= 15 is 0 Å². The number of hydrogen-bond acceptors (Lipinski definition) is 5. The van der Waals surface area contributed by atoms with E-state index in [2.05, 4.69) is 15.6 Å². The molecule has 4 N–H and O–H groups in total. The van der Waals surface area contributed by atoms with Crippen molar-refractivity contribution in [3.05, 3.63) is 18.0 Å². The van der Waals surface area contributed by atoms with Gasteiger partial charge in [0.05, 0.1) is 5.69 Å². The minimum absolute atomic E-state index is 0.178. The zero-order valence-corrected chi connectivity index (χ0v) is 8.68. The highest BCUT2D eigenvalue weighted by atomic mass is 16.5. The van der Waals surface area contributed by atoms with Gasteiger partial charge in [0.25, 0.3) is 0 Å². The van der Waals surface area contributed by atoms with E-state index in [-0.39, 0.29) is 11.9 Å². The predicted molar refractivity (Wildman–Crippen MR) is 55.4 cm³/mol. The number of amidine groups is 1. The van der Waals surface area contributed by atoms with Crippen LogP contribution in [0, 0.1) is 0 Å². The molecule has 15 heavy (non-hydrogen) atoms. The van der Waals surface area contributed by atoms with Crippen LogP contribution in [0.5, 0.6) is 0 Å². The second kappa shape index (κ2) is 6.02. The third-order valence-electron chi connectivity index (χ3n) is 2.14. The van der Waals surface area contributed by atoms with Gasteiger partial charge >= 0.3 is 0 Å². The summed E-state index contributed by atoms with van der Waals surface area (Å²) in [5.74, 6) is 0.231. The zero-order chi connectivity index (χ0) is 11.1. The Morgan fingerprint density at radius 2 is 2.60 bits per heavy atom. The molecule has 1 heterocycles. The Kier molecular flexibility index (Phi) is 4.62. The van der Waals surface area contributed by atoms with Crippen LogP contribution in [-0.2, 0) is 6.54 Å². The Bertz CT molecular complexity index is 297. The van der Waals surface area contributed by atoms with E-state index in [4.69, 9.17) is 15.5 Å². The highest BCUT2D eigenvalue weighted by Crippen LogP contribution is 2.00. The average Bonchev–Trinajstić information content (AvgIpc) is 2.76. The van der Waals surface area contributed by atoms with Gasteiger partial charge in [0.15, 0.2) is 0 Å². The lowest BCUT2D eigenvalue weighted by Gasteiger charge is -2.14. The quantitative estimate of drug-likeness (QED) is 0.279. The maximum Gasteiger partial charge on any atom is 0.140 e. The number of aromatic nitrogens is 1. The van der Waals surface area contributed by atoms with Gasteiger partial charge in [0, 0.05) is 25.1 Å². The molecular formula is C9H16N4O2. The Labute approximate surface area is 88.1 Å². The summed E-state index contributed by atoms with van der Waals surface area (Å²) in [5.41, 5.74) is 6.26. The van der Waals surface area contributed by atoms with Crippen molar-refractivity contribution in [2.24, 2.45) is 10.9 Å². The third-order valence-corrected chi connectivity index (χ3v) is 2.14. The molecule has 1 atom stereocenters. The van der Waals surface area contributed by atoms with Crippen LogP contribution >= 0.6 is 0 Å². The molecule has 0 aliphatic rings. The number of nitrogens with two attached hydrogens (primary N) is 1. The van der Waals surface area contributed by atoms with Crippen LogP contribution in [0.3, 0.4) is 0 Å². The number of nitrogens with one attached hydrogen (secondary N) is 1. The minimum Gasteiger partial charge on any atom is -0.409 e. The third kappa shape index (κ3) is 3.99. The van der Waals surface area contributed by atoms with Gasteiger partial charge in [-0.1, -0.05) is 17.2 Å². The van der Waals surface area contributed by atoms with Crippen LogP contribution in [0.15, 0.2) is 22.0 Å². The fourth-order valence-corrected chi connectivity index (χ4v) is 1.23.